The van der Waals surface area contributed by atoms with E-state index in [1.807, 2.05) is 26.0 Å². The highest BCUT2D eigenvalue weighted by Gasteiger charge is 2.20. The molecule has 1 aromatic carbocycles. The Hall–Kier alpha value is -1.76. The molecule has 1 amide bonds. The van der Waals surface area contributed by atoms with E-state index in [1.165, 1.54) is 0 Å². The number of aromatic amines is 1. The summed E-state index contributed by atoms with van der Waals surface area (Å²) in [6.45, 7) is 4.08. The Bertz CT molecular complexity index is 654. The molecule has 0 bridgehead atoms. The molecule has 0 aliphatic carbocycles. The molecule has 7 heteroatoms. The number of hydrogen-bond acceptors (Lipinski definition) is 3. The molecular weight excluding hydrogens is 338 g/mol. The third-order valence-electron chi connectivity index (χ3n) is 3.09. The van der Waals surface area contributed by atoms with Gasteiger partial charge in [0.15, 0.2) is 0 Å². The predicted molar refractivity (Wildman–Crippen MR) is 83.7 cm³/mol. The molecule has 1 atom stereocenters. The van der Waals surface area contributed by atoms with Gasteiger partial charge in [-0.1, -0.05) is 29.8 Å². The molecule has 0 aliphatic heterocycles. The summed E-state index contributed by atoms with van der Waals surface area (Å²) < 4.78 is 6.18. The summed E-state index contributed by atoms with van der Waals surface area (Å²) in [6, 6.07) is 3.34. The molecule has 0 aliphatic rings. The van der Waals surface area contributed by atoms with Crippen LogP contribution >= 0.6 is 15.9 Å². The summed E-state index contributed by atoms with van der Waals surface area (Å²) in [4.78, 5) is 18.7. The van der Waals surface area contributed by atoms with Crippen molar-refractivity contribution < 1.29 is 14.6 Å². The summed E-state index contributed by atoms with van der Waals surface area (Å²) >= 11 is 3.41. The van der Waals surface area contributed by atoms with Crippen molar-refractivity contribution in [3.8, 4) is 5.75 Å². The quantitative estimate of drug-likeness (QED) is 0.763. The van der Waals surface area contributed by atoms with E-state index in [2.05, 4.69) is 31.2 Å². The van der Waals surface area contributed by atoms with Gasteiger partial charge in [0.2, 0.25) is 0 Å². The highest BCUT2D eigenvalue weighted by Crippen LogP contribution is 2.30. The maximum Gasteiger partial charge on any atom is 0.405 e. The van der Waals surface area contributed by atoms with Crippen molar-refractivity contribution in [2.75, 3.05) is 7.11 Å². The Kier molecular flexibility index (Phi) is 4.72. The van der Waals surface area contributed by atoms with Crippen LogP contribution in [0.25, 0.3) is 11.0 Å². The zero-order valence-electron chi connectivity index (χ0n) is 12.1. The lowest BCUT2D eigenvalue weighted by Gasteiger charge is -2.16. The predicted octanol–water partition coefficient (Wildman–Crippen LogP) is 3.69. The fraction of sp³-hybridized carbons (Fsp3) is 0.429. The third kappa shape index (κ3) is 3.66. The number of aromatic nitrogens is 2. The van der Waals surface area contributed by atoms with Crippen LogP contribution in [-0.2, 0) is 0 Å². The number of nitrogens with zero attached hydrogens (tertiary/aromatic N) is 1. The van der Waals surface area contributed by atoms with Gasteiger partial charge in [0.1, 0.15) is 17.1 Å². The SMILES string of the molecule is COc1cc(Br)cc2[nH]c(C(CC(C)C)NC(=O)O)nc12. The van der Waals surface area contributed by atoms with E-state index in [1.54, 1.807) is 7.11 Å². The zero-order valence-corrected chi connectivity index (χ0v) is 13.7. The molecule has 3 N–H and O–H groups in total. The summed E-state index contributed by atoms with van der Waals surface area (Å²) in [6.07, 6.45) is -0.399. The maximum atomic E-state index is 11.0. The molecule has 6 nitrogen and oxygen atoms in total. The highest BCUT2D eigenvalue weighted by atomic mass is 79.9. The van der Waals surface area contributed by atoms with Crippen molar-refractivity contribution in [2.24, 2.45) is 5.92 Å². The van der Waals surface area contributed by atoms with E-state index < -0.39 is 6.09 Å². The van der Waals surface area contributed by atoms with E-state index in [-0.39, 0.29) is 6.04 Å². The minimum atomic E-state index is -1.06. The van der Waals surface area contributed by atoms with Gasteiger partial charge in [-0.3, -0.25) is 0 Å². The molecule has 2 rings (SSSR count). The number of fused-ring (bicyclic) bond motifs is 1. The fourth-order valence-corrected chi connectivity index (χ4v) is 2.69. The van der Waals surface area contributed by atoms with Crippen LogP contribution in [0.5, 0.6) is 5.75 Å². The topological polar surface area (TPSA) is 87.2 Å². The van der Waals surface area contributed by atoms with Crippen molar-refractivity contribution >= 4 is 33.1 Å². The number of rotatable bonds is 5. The van der Waals surface area contributed by atoms with Gasteiger partial charge in [0.05, 0.1) is 18.7 Å². The zero-order chi connectivity index (χ0) is 15.6. The number of amides is 1. The van der Waals surface area contributed by atoms with E-state index >= 15 is 0 Å². The summed E-state index contributed by atoms with van der Waals surface area (Å²) in [5.74, 6) is 1.57. The number of carboxylic acid groups (broad SMARTS) is 1. The van der Waals surface area contributed by atoms with Crippen LogP contribution in [0.4, 0.5) is 4.79 Å². The van der Waals surface area contributed by atoms with Gasteiger partial charge in [-0.2, -0.15) is 0 Å². The number of hydrogen-bond donors (Lipinski definition) is 3. The molecule has 1 aromatic heterocycles. The third-order valence-corrected chi connectivity index (χ3v) is 3.55. The van der Waals surface area contributed by atoms with Crippen LogP contribution in [0.3, 0.4) is 0 Å². The fourth-order valence-electron chi connectivity index (χ4n) is 2.25. The average molecular weight is 356 g/mol. The van der Waals surface area contributed by atoms with Crippen LogP contribution in [-0.4, -0.2) is 28.3 Å². The van der Waals surface area contributed by atoms with Gasteiger partial charge in [0, 0.05) is 4.47 Å². The van der Waals surface area contributed by atoms with Gasteiger partial charge in [-0.05, 0) is 24.5 Å². The number of halogens is 1. The Balaban J connectivity index is 2.45. The lowest BCUT2D eigenvalue weighted by molar-refractivity contribution is 0.187. The van der Waals surface area contributed by atoms with Crippen LogP contribution < -0.4 is 10.1 Å². The van der Waals surface area contributed by atoms with Gasteiger partial charge in [0.25, 0.3) is 0 Å². The molecular formula is C14H18BrN3O3. The molecule has 114 valence electrons. The summed E-state index contributed by atoms with van der Waals surface area (Å²) in [5.41, 5.74) is 1.49. The Morgan fingerprint density at radius 3 is 2.81 bits per heavy atom. The largest absolute Gasteiger partial charge is 0.494 e. The summed E-state index contributed by atoms with van der Waals surface area (Å²) in [7, 11) is 1.58. The molecule has 1 heterocycles. The van der Waals surface area contributed by atoms with Gasteiger partial charge in [-0.25, -0.2) is 9.78 Å². The number of ether oxygens (including phenoxy) is 1. The van der Waals surface area contributed by atoms with Crippen LogP contribution in [0.2, 0.25) is 0 Å². The van der Waals surface area contributed by atoms with E-state index in [0.29, 0.717) is 29.4 Å². The van der Waals surface area contributed by atoms with Crippen molar-refractivity contribution in [3.63, 3.8) is 0 Å². The first-order valence-electron chi connectivity index (χ1n) is 6.63. The van der Waals surface area contributed by atoms with Crippen LogP contribution in [0.15, 0.2) is 16.6 Å². The lowest BCUT2D eigenvalue weighted by atomic mass is 10.0. The Labute approximate surface area is 131 Å². The Morgan fingerprint density at radius 2 is 2.24 bits per heavy atom. The van der Waals surface area contributed by atoms with Gasteiger partial charge >= 0.3 is 6.09 Å². The van der Waals surface area contributed by atoms with E-state index in [9.17, 15) is 4.79 Å². The minimum absolute atomic E-state index is 0.337. The molecule has 0 fully saturated rings. The van der Waals surface area contributed by atoms with Crippen molar-refractivity contribution in [1.82, 2.24) is 15.3 Å². The lowest BCUT2D eigenvalue weighted by Crippen LogP contribution is -2.28. The second-order valence-corrected chi connectivity index (χ2v) is 6.17. The molecule has 1 unspecified atom stereocenters. The number of methoxy groups -OCH3 is 1. The molecule has 0 saturated heterocycles. The first-order chi connectivity index (χ1) is 9.90. The second kappa shape index (κ2) is 6.34. The second-order valence-electron chi connectivity index (χ2n) is 5.26. The first kappa shape index (κ1) is 15.6. The number of H-pyrrole nitrogens is 1. The average Bonchev–Trinajstić information content (AvgIpc) is 2.79. The number of benzene rings is 1. The smallest absolute Gasteiger partial charge is 0.405 e. The van der Waals surface area contributed by atoms with Crippen molar-refractivity contribution in [1.29, 1.82) is 0 Å². The molecule has 0 saturated carbocycles. The van der Waals surface area contributed by atoms with Crippen LogP contribution in [0.1, 0.15) is 32.1 Å². The standard InChI is InChI=1S/C14H18BrN3O3/c1-7(2)4-10(17-14(19)20)13-16-9-5-8(15)6-11(21-3)12(9)18-13/h5-7,10,17H,4H2,1-3H3,(H,16,18)(H,19,20). The van der Waals surface area contributed by atoms with Gasteiger partial charge < -0.3 is 20.1 Å². The maximum absolute atomic E-state index is 11.0. The van der Waals surface area contributed by atoms with E-state index in [0.717, 1.165) is 9.99 Å². The number of imidazole rings is 1. The minimum Gasteiger partial charge on any atom is -0.494 e. The van der Waals surface area contributed by atoms with Crippen LogP contribution in [0, 0.1) is 5.92 Å². The Morgan fingerprint density at radius 1 is 1.52 bits per heavy atom. The van der Waals surface area contributed by atoms with Crippen molar-refractivity contribution in [3.05, 3.63) is 22.4 Å². The molecule has 2 aromatic rings. The molecule has 21 heavy (non-hydrogen) atoms. The first-order valence-corrected chi connectivity index (χ1v) is 7.42. The highest BCUT2D eigenvalue weighted by molar-refractivity contribution is 9.10. The van der Waals surface area contributed by atoms with Gasteiger partial charge in [-0.15, -0.1) is 0 Å². The number of carbonyl (C=O) groups is 1. The monoisotopic (exact) mass is 355 g/mol. The van der Waals surface area contributed by atoms with E-state index in [4.69, 9.17) is 9.84 Å². The molecule has 0 spiro atoms. The normalized spacial score (nSPS) is 12.6. The van der Waals surface area contributed by atoms with Crippen molar-refractivity contribution in [2.45, 2.75) is 26.3 Å². The summed E-state index contributed by atoms with van der Waals surface area (Å²) in [5, 5.41) is 11.5. The molecule has 0 radical (unpaired) electrons. The number of nitrogens with one attached hydrogen (secondary N) is 2.